The van der Waals surface area contributed by atoms with Crippen LogP contribution in [0.1, 0.15) is 36.0 Å². The number of nitrogens with zero attached hydrogens (tertiary/aromatic N) is 1. The second kappa shape index (κ2) is 6.23. The topological polar surface area (TPSA) is 104 Å². The van der Waals surface area contributed by atoms with Gasteiger partial charge >= 0.3 is 0 Å². The minimum Gasteiger partial charge on any atom is -0.289 e. The van der Waals surface area contributed by atoms with E-state index in [0.29, 0.717) is 19.3 Å². The molecule has 0 bridgehead atoms. The van der Waals surface area contributed by atoms with E-state index < -0.39 is 21.8 Å². The summed E-state index contributed by atoms with van der Waals surface area (Å²) in [6.07, 6.45) is 1.74. The highest BCUT2D eigenvalue weighted by Gasteiger charge is 2.40. The van der Waals surface area contributed by atoms with E-state index in [1.54, 1.807) is 12.1 Å². The number of carbonyl (C=O) groups is 2. The van der Waals surface area contributed by atoms with Crippen LogP contribution in [0.2, 0.25) is 0 Å². The first-order valence-corrected chi connectivity index (χ1v) is 8.01. The zero-order valence-electron chi connectivity index (χ0n) is 11.3. The molecule has 0 fully saturated rings. The molecule has 0 atom stereocenters. The molecule has 2 amide bonds. The van der Waals surface area contributed by atoms with Gasteiger partial charge in [-0.25, -0.2) is 18.2 Å². The van der Waals surface area contributed by atoms with Crippen molar-refractivity contribution in [1.82, 2.24) is 9.79 Å². The van der Waals surface area contributed by atoms with Crippen molar-refractivity contribution < 1.29 is 23.2 Å². The number of fused-ring (bicyclic) bond motifs is 1. The molecule has 0 spiro atoms. The predicted octanol–water partition coefficient (Wildman–Crippen LogP) is 0.897. The Morgan fingerprint density at radius 1 is 1.19 bits per heavy atom. The van der Waals surface area contributed by atoms with E-state index in [1.165, 1.54) is 17.6 Å². The first-order chi connectivity index (χ1) is 9.98. The van der Waals surface area contributed by atoms with Crippen molar-refractivity contribution in [1.29, 1.82) is 0 Å². The third-order valence-electron chi connectivity index (χ3n) is 3.30. The molecule has 2 N–H and O–H groups in total. The number of nitrogens with one attached hydrogen (secondary N) is 1. The molecule has 0 radical (unpaired) electrons. The van der Waals surface area contributed by atoms with E-state index in [1.807, 2.05) is 0 Å². The fraction of sp³-hybridized carbons (Fsp3) is 0.385. The Labute approximate surface area is 122 Å². The van der Waals surface area contributed by atoms with E-state index in [-0.39, 0.29) is 23.4 Å². The van der Waals surface area contributed by atoms with Gasteiger partial charge in [-0.2, -0.15) is 0 Å². The number of sulfonamides is 1. The lowest BCUT2D eigenvalue weighted by Crippen LogP contribution is -2.31. The van der Waals surface area contributed by atoms with Crippen molar-refractivity contribution in [2.75, 3.05) is 6.54 Å². The molecule has 21 heavy (non-hydrogen) atoms. The summed E-state index contributed by atoms with van der Waals surface area (Å²) in [4.78, 5) is 22.9. The predicted molar refractivity (Wildman–Crippen MR) is 73.1 cm³/mol. The molecule has 0 unspecified atom stereocenters. The maximum Gasteiger partial charge on any atom is 0.269 e. The number of carbonyl (C=O) groups excluding carboxylic acids is 2. The lowest BCUT2D eigenvalue weighted by molar-refractivity contribution is -0.129. The summed E-state index contributed by atoms with van der Waals surface area (Å²) in [6.45, 7) is 0.0938. The summed E-state index contributed by atoms with van der Waals surface area (Å²) < 4.78 is 25.3. The average molecular weight is 312 g/mol. The minimum absolute atomic E-state index is 0.0506. The van der Waals surface area contributed by atoms with Crippen molar-refractivity contribution >= 4 is 21.8 Å². The summed E-state index contributed by atoms with van der Waals surface area (Å²) in [5.74, 6) is -0.981. The van der Waals surface area contributed by atoms with Gasteiger partial charge in [-0.3, -0.25) is 14.8 Å². The summed E-state index contributed by atoms with van der Waals surface area (Å²) in [6, 6.07) is 6.14. The first-order valence-electron chi connectivity index (χ1n) is 6.57. The highest BCUT2D eigenvalue weighted by Crippen LogP contribution is 2.30. The molecule has 1 aromatic rings. The number of rotatable bonds is 6. The average Bonchev–Trinajstić information content (AvgIpc) is 2.67. The number of amides is 2. The number of benzene rings is 1. The fourth-order valence-electron chi connectivity index (χ4n) is 2.23. The number of hydrogen-bond acceptors (Lipinski definition) is 5. The van der Waals surface area contributed by atoms with Crippen LogP contribution in [0.4, 0.5) is 0 Å². The van der Waals surface area contributed by atoms with Crippen LogP contribution in [-0.2, 0) is 14.8 Å². The van der Waals surface area contributed by atoms with Gasteiger partial charge in [0.2, 0.25) is 5.91 Å². The van der Waals surface area contributed by atoms with Gasteiger partial charge in [0.05, 0.1) is 5.56 Å². The molecule has 1 aromatic carbocycles. The summed E-state index contributed by atoms with van der Waals surface area (Å²) in [5, 5.41) is 8.34. The Balaban J connectivity index is 1.94. The van der Waals surface area contributed by atoms with Crippen molar-refractivity contribution in [3.63, 3.8) is 0 Å². The Hall–Kier alpha value is -1.93. The van der Waals surface area contributed by atoms with Gasteiger partial charge in [0.1, 0.15) is 4.90 Å². The molecule has 0 saturated heterocycles. The van der Waals surface area contributed by atoms with Gasteiger partial charge < -0.3 is 0 Å². The zero-order valence-corrected chi connectivity index (χ0v) is 12.1. The van der Waals surface area contributed by atoms with Crippen LogP contribution in [0.15, 0.2) is 29.2 Å². The van der Waals surface area contributed by atoms with E-state index in [4.69, 9.17) is 5.21 Å². The monoisotopic (exact) mass is 312 g/mol. The highest BCUT2D eigenvalue weighted by atomic mass is 32.2. The van der Waals surface area contributed by atoms with Gasteiger partial charge in [-0.1, -0.05) is 18.6 Å². The lowest BCUT2D eigenvalue weighted by Gasteiger charge is -2.14. The first kappa shape index (κ1) is 15.5. The van der Waals surface area contributed by atoms with Crippen molar-refractivity contribution in [3.05, 3.63) is 29.8 Å². The molecule has 7 nitrogen and oxygen atoms in total. The number of hydroxylamine groups is 1. The van der Waals surface area contributed by atoms with Crippen LogP contribution in [0.25, 0.3) is 0 Å². The summed E-state index contributed by atoms with van der Waals surface area (Å²) in [5.41, 5.74) is 1.74. The second-order valence-electron chi connectivity index (χ2n) is 4.72. The third kappa shape index (κ3) is 3.06. The molecule has 1 aliphatic rings. The maximum atomic E-state index is 12.2. The molecule has 0 saturated carbocycles. The van der Waals surface area contributed by atoms with Crippen molar-refractivity contribution in [2.45, 2.75) is 30.6 Å². The van der Waals surface area contributed by atoms with E-state index in [2.05, 4.69) is 0 Å². The van der Waals surface area contributed by atoms with Crippen LogP contribution >= 0.6 is 0 Å². The zero-order chi connectivity index (χ0) is 15.5. The van der Waals surface area contributed by atoms with Gasteiger partial charge in [0.15, 0.2) is 0 Å². The second-order valence-corrected chi connectivity index (χ2v) is 6.55. The van der Waals surface area contributed by atoms with Gasteiger partial charge in [-0.05, 0) is 25.0 Å². The van der Waals surface area contributed by atoms with Crippen molar-refractivity contribution in [2.24, 2.45) is 0 Å². The molecule has 0 aliphatic carbocycles. The third-order valence-corrected chi connectivity index (χ3v) is 5.14. The summed E-state index contributed by atoms with van der Waals surface area (Å²) in [7, 11) is -3.74. The van der Waals surface area contributed by atoms with Crippen molar-refractivity contribution in [3.8, 4) is 0 Å². The molecule has 0 aromatic heterocycles. The largest absolute Gasteiger partial charge is 0.289 e. The molecular weight excluding hydrogens is 296 g/mol. The maximum absolute atomic E-state index is 12.2. The Morgan fingerprint density at radius 2 is 1.90 bits per heavy atom. The SMILES string of the molecule is O=C(CCCCCN1C(=O)c2ccccc2S1(=O)=O)NO. The molecule has 1 aliphatic heterocycles. The molecule has 8 heteroatoms. The number of unbranched alkanes of at least 4 members (excludes halogenated alkanes) is 2. The Bertz CT molecular complexity index is 656. The van der Waals surface area contributed by atoms with Crippen LogP contribution in [0.3, 0.4) is 0 Å². The molecule has 114 valence electrons. The Kier molecular flexibility index (Phi) is 4.59. The van der Waals surface area contributed by atoms with E-state index >= 15 is 0 Å². The smallest absolute Gasteiger partial charge is 0.269 e. The lowest BCUT2D eigenvalue weighted by atomic mass is 10.2. The summed E-state index contributed by atoms with van der Waals surface area (Å²) >= 11 is 0. The molecule has 1 heterocycles. The van der Waals surface area contributed by atoms with Gasteiger partial charge in [0.25, 0.3) is 15.9 Å². The molecule has 2 rings (SSSR count). The fourth-order valence-corrected chi connectivity index (χ4v) is 3.83. The van der Waals surface area contributed by atoms with Crippen LogP contribution in [-0.4, -0.2) is 36.3 Å². The van der Waals surface area contributed by atoms with Crippen LogP contribution < -0.4 is 5.48 Å². The van der Waals surface area contributed by atoms with Gasteiger partial charge in [-0.15, -0.1) is 0 Å². The molecular formula is C13H16N2O5S. The van der Waals surface area contributed by atoms with Crippen LogP contribution in [0.5, 0.6) is 0 Å². The Morgan fingerprint density at radius 3 is 2.57 bits per heavy atom. The normalized spacial score (nSPS) is 15.9. The van der Waals surface area contributed by atoms with Crippen LogP contribution in [0, 0.1) is 0 Å². The highest BCUT2D eigenvalue weighted by molar-refractivity contribution is 7.90. The van der Waals surface area contributed by atoms with E-state index in [9.17, 15) is 18.0 Å². The standard InChI is InChI=1S/C13H16N2O5S/c16-12(14-18)8-2-1-5-9-15-13(17)10-6-3-4-7-11(10)21(15,19)20/h3-4,6-7,18H,1-2,5,8-9H2,(H,14,16). The van der Waals surface area contributed by atoms with E-state index in [0.717, 1.165) is 4.31 Å². The number of hydrogen-bond donors (Lipinski definition) is 2. The quantitative estimate of drug-likeness (QED) is 0.461. The minimum atomic E-state index is -3.74. The van der Waals surface area contributed by atoms with Gasteiger partial charge in [0, 0.05) is 13.0 Å².